The molecule has 1 amide bonds. The third-order valence-electron chi connectivity index (χ3n) is 6.06. The molecule has 30 heavy (non-hydrogen) atoms. The van der Waals surface area contributed by atoms with Crippen LogP contribution in [0.1, 0.15) is 28.8 Å². The van der Waals surface area contributed by atoms with Crippen molar-refractivity contribution in [2.45, 2.75) is 25.0 Å². The van der Waals surface area contributed by atoms with Crippen molar-refractivity contribution in [1.29, 1.82) is 0 Å². The molecule has 0 spiro atoms. The molecule has 4 unspecified atom stereocenters. The standard InChI is InChI=1S/C24H22ClN3O2/c1-14-5-11-18(12-6-14)28-23(16-3-2-4-19(29)13-16)20-21(26-27-22(20)24(28)30)15-7-9-17(25)10-8-15/h2-13,20-23,26-27,29H,1H3. The average molecular weight is 420 g/mol. The lowest BCUT2D eigenvalue weighted by Crippen LogP contribution is -2.41. The smallest absolute Gasteiger partial charge is 0.246 e. The zero-order valence-corrected chi connectivity index (χ0v) is 17.2. The van der Waals surface area contributed by atoms with Gasteiger partial charge in [0.15, 0.2) is 0 Å². The maximum atomic E-state index is 13.5. The van der Waals surface area contributed by atoms with Crippen molar-refractivity contribution in [1.82, 2.24) is 10.9 Å². The summed E-state index contributed by atoms with van der Waals surface area (Å²) in [4.78, 5) is 15.4. The second-order valence-corrected chi connectivity index (χ2v) is 8.39. The van der Waals surface area contributed by atoms with Crippen LogP contribution in [-0.4, -0.2) is 17.1 Å². The van der Waals surface area contributed by atoms with Crippen LogP contribution in [0.15, 0.2) is 72.8 Å². The molecule has 152 valence electrons. The van der Waals surface area contributed by atoms with Crippen LogP contribution in [0.25, 0.3) is 0 Å². The number of benzene rings is 3. The third-order valence-corrected chi connectivity index (χ3v) is 6.32. The van der Waals surface area contributed by atoms with Crippen molar-refractivity contribution >= 4 is 23.2 Å². The summed E-state index contributed by atoms with van der Waals surface area (Å²) in [6.07, 6.45) is 0. The molecule has 2 saturated heterocycles. The second kappa shape index (κ2) is 7.43. The van der Waals surface area contributed by atoms with Crippen molar-refractivity contribution in [2.75, 3.05) is 4.90 Å². The summed E-state index contributed by atoms with van der Waals surface area (Å²) < 4.78 is 0. The molecule has 0 saturated carbocycles. The highest BCUT2D eigenvalue weighted by molar-refractivity contribution is 6.30. The summed E-state index contributed by atoms with van der Waals surface area (Å²) in [6, 6.07) is 22.2. The average Bonchev–Trinajstić information content (AvgIpc) is 3.28. The number of aromatic hydroxyl groups is 1. The van der Waals surface area contributed by atoms with E-state index in [0.717, 1.165) is 22.4 Å². The summed E-state index contributed by atoms with van der Waals surface area (Å²) in [6.45, 7) is 2.03. The Bertz CT molecular complexity index is 1080. The van der Waals surface area contributed by atoms with Gasteiger partial charge in [-0.25, -0.2) is 10.9 Å². The number of phenols is 1. The molecular weight excluding hydrogens is 398 g/mol. The van der Waals surface area contributed by atoms with E-state index in [1.807, 2.05) is 72.5 Å². The molecule has 5 nitrogen and oxygen atoms in total. The van der Waals surface area contributed by atoms with Gasteiger partial charge in [0.25, 0.3) is 0 Å². The number of anilines is 1. The van der Waals surface area contributed by atoms with Crippen LogP contribution in [-0.2, 0) is 4.79 Å². The van der Waals surface area contributed by atoms with Crippen molar-refractivity contribution in [3.8, 4) is 5.75 Å². The lowest BCUT2D eigenvalue weighted by Gasteiger charge is -2.31. The predicted octanol–water partition coefficient (Wildman–Crippen LogP) is 4.28. The van der Waals surface area contributed by atoms with Gasteiger partial charge in [-0.15, -0.1) is 0 Å². The Hall–Kier alpha value is -2.86. The number of hydrogen-bond donors (Lipinski definition) is 3. The minimum absolute atomic E-state index is 0.0150. The Kier molecular flexibility index (Phi) is 4.74. The molecule has 0 radical (unpaired) electrons. The van der Waals surface area contributed by atoms with Gasteiger partial charge in [-0.2, -0.15) is 0 Å². The molecule has 3 aromatic rings. The van der Waals surface area contributed by atoms with E-state index in [1.54, 1.807) is 12.1 Å². The summed E-state index contributed by atoms with van der Waals surface area (Å²) in [5, 5.41) is 10.8. The topological polar surface area (TPSA) is 64.6 Å². The van der Waals surface area contributed by atoms with Crippen LogP contribution in [0.5, 0.6) is 5.75 Å². The number of phenolic OH excluding ortho intramolecular Hbond substituents is 1. The Morgan fingerprint density at radius 2 is 1.60 bits per heavy atom. The Morgan fingerprint density at radius 3 is 2.30 bits per heavy atom. The van der Waals surface area contributed by atoms with Gasteiger partial charge >= 0.3 is 0 Å². The molecule has 3 N–H and O–H groups in total. The monoisotopic (exact) mass is 419 g/mol. The molecule has 3 aromatic carbocycles. The Labute approximate surface area is 180 Å². The number of aryl methyl sites for hydroxylation is 1. The van der Waals surface area contributed by atoms with Crippen LogP contribution in [0.3, 0.4) is 0 Å². The van der Waals surface area contributed by atoms with E-state index in [2.05, 4.69) is 10.9 Å². The maximum absolute atomic E-state index is 13.5. The van der Waals surface area contributed by atoms with E-state index in [0.29, 0.717) is 5.02 Å². The second-order valence-electron chi connectivity index (χ2n) is 7.96. The third kappa shape index (κ3) is 3.16. The highest BCUT2D eigenvalue weighted by Crippen LogP contribution is 2.49. The van der Waals surface area contributed by atoms with Crippen LogP contribution >= 0.6 is 11.6 Å². The Balaban J connectivity index is 1.63. The van der Waals surface area contributed by atoms with E-state index in [9.17, 15) is 9.90 Å². The molecular formula is C24H22ClN3O2. The number of halogens is 1. The van der Waals surface area contributed by atoms with E-state index in [4.69, 9.17) is 11.6 Å². The van der Waals surface area contributed by atoms with Gasteiger partial charge in [0.05, 0.1) is 12.1 Å². The normalized spacial score (nSPS) is 25.5. The predicted molar refractivity (Wildman–Crippen MR) is 117 cm³/mol. The largest absolute Gasteiger partial charge is 0.508 e. The van der Waals surface area contributed by atoms with Gasteiger partial charge < -0.3 is 10.0 Å². The number of carbonyl (C=O) groups excluding carboxylic acids is 1. The van der Waals surface area contributed by atoms with Gasteiger partial charge in [0, 0.05) is 16.6 Å². The molecule has 0 bridgehead atoms. The number of nitrogens with zero attached hydrogens (tertiary/aromatic N) is 1. The van der Waals surface area contributed by atoms with Crippen molar-refractivity contribution in [3.05, 3.63) is 94.5 Å². The molecule has 0 aliphatic carbocycles. The number of hydrazine groups is 1. The van der Waals surface area contributed by atoms with Crippen LogP contribution in [0.4, 0.5) is 5.69 Å². The number of nitrogens with one attached hydrogen (secondary N) is 2. The molecule has 2 aliphatic heterocycles. The first-order chi connectivity index (χ1) is 14.5. The zero-order valence-electron chi connectivity index (χ0n) is 16.4. The summed E-state index contributed by atoms with van der Waals surface area (Å²) in [5.74, 6) is 0.136. The SMILES string of the molecule is Cc1ccc(N2C(=O)C3NNC(c4ccc(Cl)cc4)C3C2c2cccc(O)c2)cc1. The van der Waals surface area contributed by atoms with Crippen LogP contribution < -0.4 is 15.8 Å². The van der Waals surface area contributed by atoms with Gasteiger partial charge in [0.1, 0.15) is 11.8 Å². The lowest BCUT2D eigenvalue weighted by molar-refractivity contribution is -0.119. The van der Waals surface area contributed by atoms with Crippen LogP contribution in [0, 0.1) is 12.8 Å². The van der Waals surface area contributed by atoms with Crippen molar-refractivity contribution in [3.63, 3.8) is 0 Å². The molecule has 2 heterocycles. The van der Waals surface area contributed by atoms with E-state index in [1.165, 1.54) is 0 Å². The van der Waals surface area contributed by atoms with E-state index < -0.39 is 0 Å². The number of rotatable bonds is 3. The number of fused-ring (bicyclic) bond motifs is 1. The molecule has 4 atom stereocenters. The van der Waals surface area contributed by atoms with Crippen LogP contribution in [0.2, 0.25) is 5.02 Å². The number of hydrogen-bond acceptors (Lipinski definition) is 4. The van der Waals surface area contributed by atoms with E-state index >= 15 is 0 Å². The Morgan fingerprint density at radius 1 is 0.900 bits per heavy atom. The molecule has 2 aliphatic rings. The fraction of sp³-hybridized carbons (Fsp3) is 0.208. The van der Waals surface area contributed by atoms with Crippen molar-refractivity contribution in [2.24, 2.45) is 5.92 Å². The minimum atomic E-state index is -0.376. The first-order valence-electron chi connectivity index (χ1n) is 9.98. The summed E-state index contributed by atoms with van der Waals surface area (Å²) in [7, 11) is 0. The van der Waals surface area contributed by atoms with Gasteiger partial charge in [-0.1, -0.05) is 53.6 Å². The quantitative estimate of drug-likeness (QED) is 0.593. The zero-order chi connectivity index (χ0) is 20.8. The van der Waals surface area contributed by atoms with Crippen molar-refractivity contribution < 1.29 is 9.90 Å². The molecule has 2 fully saturated rings. The fourth-order valence-corrected chi connectivity index (χ4v) is 4.79. The fourth-order valence-electron chi connectivity index (χ4n) is 4.66. The lowest BCUT2D eigenvalue weighted by atomic mass is 9.83. The minimum Gasteiger partial charge on any atom is -0.508 e. The number of amides is 1. The maximum Gasteiger partial charge on any atom is 0.246 e. The molecule has 5 rings (SSSR count). The highest BCUT2D eigenvalue weighted by Gasteiger charge is 2.56. The van der Waals surface area contributed by atoms with Gasteiger partial charge in [-0.3, -0.25) is 4.79 Å². The number of carbonyl (C=O) groups is 1. The summed E-state index contributed by atoms with van der Waals surface area (Å²) in [5.41, 5.74) is 10.5. The first kappa shape index (κ1) is 19.1. The van der Waals surface area contributed by atoms with Gasteiger partial charge in [0.2, 0.25) is 5.91 Å². The van der Waals surface area contributed by atoms with E-state index in [-0.39, 0.29) is 35.7 Å². The molecule has 6 heteroatoms. The highest BCUT2D eigenvalue weighted by atomic mass is 35.5. The first-order valence-corrected chi connectivity index (χ1v) is 10.4. The van der Waals surface area contributed by atoms with Gasteiger partial charge in [-0.05, 0) is 54.4 Å². The summed E-state index contributed by atoms with van der Waals surface area (Å²) >= 11 is 6.08. The molecule has 0 aromatic heterocycles.